The Hall–Kier alpha value is -14.1. The van der Waals surface area contributed by atoms with Gasteiger partial charge in [-0.05, 0) is 180 Å². The second kappa shape index (κ2) is 34.0. The van der Waals surface area contributed by atoms with Crippen LogP contribution >= 0.6 is 0 Å². The second-order valence-corrected chi connectivity index (χ2v) is 28.7. The Morgan fingerprint density at radius 2 is 0.589 bits per heavy atom. The molecule has 11 aromatic carbocycles. The van der Waals surface area contributed by atoms with E-state index in [1.54, 1.807) is 108 Å². The van der Waals surface area contributed by atoms with Crippen LogP contribution in [0, 0.1) is 6.92 Å². The number of rotatable bonds is 14. The predicted molar refractivity (Wildman–Crippen MR) is 424 cm³/mol. The largest absolute Gasteiger partial charge is 0.507 e. The summed E-state index contributed by atoms with van der Waals surface area (Å²) in [6.45, 7) is 18.2. The van der Waals surface area contributed by atoms with Crippen LogP contribution in [0.15, 0.2) is 231 Å². The molecule has 3 aliphatic heterocycles. The van der Waals surface area contributed by atoms with Crippen molar-refractivity contribution in [2.75, 3.05) is 42.1 Å². The van der Waals surface area contributed by atoms with E-state index < -0.39 is 52.5 Å². The maximum Gasteiger partial charge on any atom is 0.340 e. The zero-order valence-electron chi connectivity index (χ0n) is 63.0. The van der Waals surface area contributed by atoms with Gasteiger partial charge in [0.05, 0.1) is 50.4 Å². The van der Waals surface area contributed by atoms with E-state index in [1.807, 2.05) is 161 Å². The van der Waals surface area contributed by atoms with Gasteiger partial charge in [-0.25, -0.2) is 19.2 Å². The molecule has 0 spiro atoms. The molecule has 0 radical (unpaired) electrons. The van der Waals surface area contributed by atoms with Gasteiger partial charge in [0, 0.05) is 35.5 Å². The molecular weight excluding hydrogens is 1430 g/mol. The number of hydrogen-bond acceptors (Lipinski definition) is 19. The molecular formula is C89H82N4O19. The molecule has 3 amide bonds. The summed E-state index contributed by atoms with van der Waals surface area (Å²) in [5, 5.41) is 38.1. The zero-order valence-corrected chi connectivity index (χ0v) is 63.0. The van der Waals surface area contributed by atoms with Gasteiger partial charge in [-0.2, -0.15) is 0 Å². The van der Waals surface area contributed by atoms with Gasteiger partial charge >= 0.3 is 23.9 Å². The molecule has 572 valence electrons. The number of hydrogen-bond donors (Lipinski definition) is 7. The predicted octanol–water partition coefficient (Wildman–Crippen LogP) is 18.2. The highest BCUT2D eigenvalue weighted by Gasteiger charge is 2.29. The Morgan fingerprint density at radius 1 is 0.321 bits per heavy atom. The fourth-order valence-corrected chi connectivity index (χ4v) is 11.6. The number of esters is 3. The molecule has 3 aliphatic rings. The second-order valence-electron chi connectivity index (χ2n) is 28.7. The summed E-state index contributed by atoms with van der Waals surface area (Å²) < 4.78 is 48.1. The van der Waals surface area contributed by atoms with Crippen LogP contribution in [0.1, 0.15) is 140 Å². The number of nitrogens with two attached hydrogens (primary N) is 1. The molecule has 3 heterocycles. The number of nitrogens with one attached hydrogen (secondary N) is 3. The van der Waals surface area contributed by atoms with E-state index in [-0.39, 0.29) is 77.0 Å². The van der Waals surface area contributed by atoms with Gasteiger partial charge in [0.15, 0.2) is 34.5 Å². The van der Waals surface area contributed by atoms with Gasteiger partial charge < -0.3 is 79.6 Å². The van der Waals surface area contributed by atoms with E-state index in [4.69, 9.17) is 48.4 Å². The molecule has 0 fully saturated rings. The number of phenolic OH excluding ortho intramolecular Hbond substituents is 2. The van der Waals surface area contributed by atoms with Crippen molar-refractivity contribution in [3.8, 4) is 90.5 Å². The average Bonchev–Trinajstić information content (AvgIpc) is 1.37. The van der Waals surface area contributed by atoms with E-state index in [2.05, 4.69) is 16.0 Å². The van der Waals surface area contributed by atoms with Crippen molar-refractivity contribution >= 4 is 64.3 Å². The summed E-state index contributed by atoms with van der Waals surface area (Å²) in [4.78, 5) is 88.2. The van der Waals surface area contributed by atoms with Gasteiger partial charge in [0.2, 0.25) is 20.4 Å². The summed E-state index contributed by atoms with van der Waals surface area (Å²) in [6, 6.07) is 67.9. The van der Waals surface area contributed by atoms with Crippen LogP contribution in [0.25, 0.3) is 44.5 Å². The van der Waals surface area contributed by atoms with Crippen LogP contribution in [0.3, 0.4) is 0 Å². The summed E-state index contributed by atoms with van der Waals surface area (Å²) >= 11 is 0. The van der Waals surface area contributed by atoms with Crippen molar-refractivity contribution in [2.45, 2.75) is 86.0 Å². The normalized spacial score (nSPS) is 12.0. The van der Waals surface area contributed by atoms with Crippen LogP contribution in [-0.2, 0) is 14.2 Å². The highest BCUT2D eigenvalue weighted by Crippen LogP contribution is 2.42. The van der Waals surface area contributed by atoms with Crippen LogP contribution in [0.4, 0.5) is 22.7 Å². The van der Waals surface area contributed by atoms with Gasteiger partial charge in [-0.1, -0.05) is 146 Å². The molecule has 0 unspecified atom stereocenters. The molecule has 23 nitrogen and oxygen atoms in total. The first-order valence-electron chi connectivity index (χ1n) is 35.4. The number of carbonyl (C=O) groups is 7. The van der Waals surface area contributed by atoms with Crippen molar-refractivity contribution in [3.63, 3.8) is 0 Å². The van der Waals surface area contributed by atoms with Crippen LogP contribution in [0.2, 0.25) is 0 Å². The lowest BCUT2D eigenvalue weighted by atomic mass is 10.0. The minimum Gasteiger partial charge on any atom is -0.507 e. The smallest absolute Gasteiger partial charge is 0.340 e. The lowest BCUT2D eigenvalue weighted by Gasteiger charge is -2.21. The van der Waals surface area contributed by atoms with E-state index in [1.165, 1.54) is 30.3 Å². The van der Waals surface area contributed by atoms with Crippen LogP contribution in [0.5, 0.6) is 46.0 Å². The first-order chi connectivity index (χ1) is 53.3. The Bertz CT molecular complexity index is 5170. The fourth-order valence-electron chi connectivity index (χ4n) is 11.6. The molecule has 0 aromatic heterocycles. The molecule has 0 bridgehead atoms. The molecule has 14 rings (SSSR count). The zero-order chi connectivity index (χ0) is 80.2. The Labute approximate surface area is 646 Å². The Balaban J connectivity index is 0.000000150. The van der Waals surface area contributed by atoms with Crippen molar-refractivity contribution < 1.29 is 91.5 Å². The fraction of sp³-hybridized carbons (Fsp3) is 0.180. The number of ether oxygens (including phenoxy) is 9. The molecule has 112 heavy (non-hydrogen) atoms. The van der Waals surface area contributed by atoms with Gasteiger partial charge in [0.1, 0.15) is 28.3 Å². The summed E-state index contributed by atoms with van der Waals surface area (Å²) in [5.41, 5.74) is 14.5. The number of benzene rings is 11. The molecule has 0 saturated heterocycles. The number of fused-ring (bicyclic) bond motifs is 3. The number of carboxylic acids is 1. The van der Waals surface area contributed by atoms with Gasteiger partial charge in [-0.3, -0.25) is 14.4 Å². The summed E-state index contributed by atoms with van der Waals surface area (Å²) in [7, 11) is 0. The molecule has 11 aromatic rings. The lowest BCUT2D eigenvalue weighted by molar-refractivity contribution is 0.00580. The molecule has 8 N–H and O–H groups in total. The van der Waals surface area contributed by atoms with Crippen molar-refractivity contribution in [1.29, 1.82) is 0 Å². The maximum absolute atomic E-state index is 13.2. The summed E-state index contributed by atoms with van der Waals surface area (Å²) in [6.07, 6.45) is 0. The number of phenols is 2. The third-order valence-electron chi connectivity index (χ3n) is 16.8. The van der Waals surface area contributed by atoms with Crippen molar-refractivity contribution in [1.82, 2.24) is 0 Å². The quantitative estimate of drug-likeness (QED) is 0.0302. The average molecular weight is 1510 g/mol. The topological polar surface area (TPSA) is 325 Å². The highest BCUT2D eigenvalue weighted by atomic mass is 16.7. The van der Waals surface area contributed by atoms with E-state index in [0.717, 1.165) is 50.1 Å². The number of carbonyl (C=O) groups excluding carboxylic acids is 6. The van der Waals surface area contributed by atoms with Crippen molar-refractivity contribution in [2.24, 2.45) is 0 Å². The number of aromatic hydroxyl groups is 2. The third kappa shape index (κ3) is 20.2. The van der Waals surface area contributed by atoms with E-state index in [9.17, 15) is 48.9 Å². The SMILES string of the molecule is CC(C)(C)OC(=O)c1ccc(-c2ccccc2)cc1N.CC(C)(C)OC(=O)c1ccc(-c2ccccc2)cc1NC(=O)c1cc2c(cc1O)OCO2.Cc1cc2c(cc1C(=O)Nc1cc(-c3ccccc3)ccc1C(=O)OC(C)(C)C)OCO2.O=C(Nc1cc(-c2ccccc2)ccc1C(=O)O)c1cc2c(cc1O)OCO2. The highest BCUT2D eigenvalue weighted by molar-refractivity contribution is 6.12. The first kappa shape index (κ1) is 79.0. The first-order valence-corrected chi connectivity index (χ1v) is 35.4. The standard InChI is InChI=1S/C26H25NO5.C25H23NO6.C21H15NO6.C17H19NO2/c1-16-12-22-23(31-15-30-22)14-20(16)24(28)27-21-13-18(17-8-6-5-7-9-17)10-11-19(21)25(29)32-26(2,3)4;1-25(2,3)32-24(29)17-10-9-16(15-7-5-4-6-8-15)11-19(17)26-23(28)18-12-21-22(13-20(18)27)31-14-30-21;23-17-10-19-18(27-11-28-19)9-15(17)20(24)22-16-8-13(6-7-14(16)21(25)26)12-4-2-1-3-5-12;1-17(2,3)20-16(19)14-10-9-13(11-15(14)18)12-7-5-4-6-8-12/h5-14H,15H2,1-4H3,(H,27,28);4-13,27H,14H2,1-3H3,(H,26,28);1-10,23H,11H2,(H,22,24)(H,25,26);4-11H,18H2,1-3H3. The summed E-state index contributed by atoms with van der Waals surface area (Å²) in [5.74, 6) is -2.29. The van der Waals surface area contributed by atoms with Crippen LogP contribution < -0.4 is 50.1 Å². The number of nitrogen functional groups attached to an aromatic ring is 1. The van der Waals surface area contributed by atoms with E-state index in [0.29, 0.717) is 57.0 Å². The number of amides is 3. The Kier molecular flexibility index (Phi) is 24.0. The van der Waals surface area contributed by atoms with Gasteiger partial charge in [0.25, 0.3) is 17.7 Å². The Morgan fingerprint density at radius 3 is 0.911 bits per heavy atom. The number of anilines is 4. The van der Waals surface area contributed by atoms with Gasteiger partial charge in [-0.15, -0.1) is 0 Å². The lowest BCUT2D eigenvalue weighted by Crippen LogP contribution is -2.25. The number of carboxylic acid groups (broad SMARTS) is 1. The number of aromatic carboxylic acids is 1. The third-order valence-corrected chi connectivity index (χ3v) is 16.8. The monoisotopic (exact) mass is 1510 g/mol. The molecule has 0 aliphatic carbocycles. The minimum absolute atomic E-state index is 0.00211. The molecule has 0 saturated carbocycles. The maximum atomic E-state index is 13.2. The molecule has 23 heteroatoms. The van der Waals surface area contributed by atoms with E-state index >= 15 is 0 Å². The minimum atomic E-state index is -1.18. The number of aryl methyl sites for hydroxylation is 1. The van der Waals surface area contributed by atoms with Crippen LogP contribution in [-0.4, -0.2) is 94.1 Å². The molecule has 0 atom stereocenters. The van der Waals surface area contributed by atoms with Crippen molar-refractivity contribution in [3.05, 3.63) is 275 Å².